The van der Waals surface area contributed by atoms with Crippen molar-refractivity contribution in [2.45, 2.75) is 33.6 Å². The fourth-order valence-corrected chi connectivity index (χ4v) is 2.36. The molecule has 4 nitrogen and oxygen atoms in total. The summed E-state index contributed by atoms with van der Waals surface area (Å²) in [5, 5.41) is 0. The van der Waals surface area contributed by atoms with E-state index in [1.165, 1.54) is 0 Å². The summed E-state index contributed by atoms with van der Waals surface area (Å²) in [6.07, 6.45) is 5.40. The first-order chi connectivity index (χ1) is 11.7. The third-order valence-corrected chi connectivity index (χ3v) is 4.16. The maximum Gasteiger partial charge on any atom is 0.0444 e. The standard InChI is InChI=1S/C20H26N4/c1-16(17(2)21-14-10-19-8-4-6-12-23-19)18(3)22-15-11-20-9-5-7-13-24-20/h4-9,12-13,16H,10-11,14-15H2,1-3H3. The molecule has 0 aliphatic heterocycles. The van der Waals surface area contributed by atoms with Gasteiger partial charge in [-0.1, -0.05) is 19.1 Å². The van der Waals surface area contributed by atoms with Crippen LogP contribution >= 0.6 is 0 Å². The maximum atomic E-state index is 4.69. The van der Waals surface area contributed by atoms with E-state index in [2.05, 4.69) is 30.7 Å². The highest BCUT2D eigenvalue weighted by Crippen LogP contribution is 2.05. The van der Waals surface area contributed by atoms with Crippen LogP contribution < -0.4 is 0 Å². The molecular weight excluding hydrogens is 296 g/mol. The van der Waals surface area contributed by atoms with Gasteiger partial charge in [0, 0.05) is 67.1 Å². The Morgan fingerprint density at radius 1 is 0.833 bits per heavy atom. The van der Waals surface area contributed by atoms with Crippen LogP contribution in [0.2, 0.25) is 0 Å². The van der Waals surface area contributed by atoms with E-state index in [0.717, 1.165) is 48.7 Å². The highest BCUT2D eigenvalue weighted by Gasteiger charge is 2.09. The highest BCUT2D eigenvalue weighted by atomic mass is 14.8. The van der Waals surface area contributed by atoms with Gasteiger partial charge in [-0.05, 0) is 38.1 Å². The minimum absolute atomic E-state index is 0.275. The van der Waals surface area contributed by atoms with Gasteiger partial charge in [0.25, 0.3) is 0 Å². The molecule has 0 spiro atoms. The zero-order valence-corrected chi connectivity index (χ0v) is 14.8. The van der Waals surface area contributed by atoms with Crippen LogP contribution in [0.25, 0.3) is 0 Å². The molecule has 4 heteroatoms. The van der Waals surface area contributed by atoms with Crippen LogP contribution in [0.15, 0.2) is 58.8 Å². The van der Waals surface area contributed by atoms with Crippen molar-refractivity contribution in [3.05, 3.63) is 60.2 Å². The zero-order chi connectivity index (χ0) is 17.2. The van der Waals surface area contributed by atoms with Crippen LogP contribution in [0.1, 0.15) is 32.2 Å². The molecule has 0 aromatic carbocycles. The van der Waals surface area contributed by atoms with E-state index in [4.69, 9.17) is 9.98 Å². The van der Waals surface area contributed by atoms with E-state index in [1.807, 2.05) is 48.8 Å². The fourth-order valence-electron chi connectivity index (χ4n) is 2.36. The number of aliphatic imine (C=N–C) groups is 2. The molecule has 0 fully saturated rings. The monoisotopic (exact) mass is 322 g/mol. The molecule has 2 rings (SSSR count). The highest BCUT2D eigenvalue weighted by molar-refractivity contribution is 6.05. The fraction of sp³-hybridized carbons (Fsp3) is 0.400. The van der Waals surface area contributed by atoms with E-state index in [0.29, 0.717) is 0 Å². The van der Waals surface area contributed by atoms with E-state index >= 15 is 0 Å². The maximum absolute atomic E-state index is 4.69. The zero-order valence-electron chi connectivity index (χ0n) is 14.8. The van der Waals surface area contributed by atoms with Crippen LogP contribution in [0.4, 0.5) is 0 Å². The van der Waals surface area contributed by atoms with Crippen molar-refractivity contribution < 1.29 is 0 Å². The Kier molecular flexibility index (Phi) is 7.27. The Hall–Kier alpha value is -2.36. The van der Waals surface area contributed by atoms with Crippen molar-refractivity contribution in [3.8, 4) is 0 Å². The lowest BCUT2D eigenvalue weighted by Gasteiger charge is -2.11. The largest absolute Gasteiger partial charge is 0.293 e. The van der Waals surface area contributed by atoms with Gasteiger partial charge >= 0.3 is 0 Å². The topological polar surface area (TPSA) is 50.5 Å². The third-order valence-electron chi connectivity index (χ3n) is 4.16. The summed E-state index contributed by atoms with van der Waals surface area (Å²) >= 11 is 0. The van der Waals surface area contributed by atoms with Crippen LogP contribution in [-0.4, -0.2) is 34.5 Å². The smallest absolute Gasteiger partial charge is 0.0444 e. The molecule has 0 saturated heterocycles. The van der Waals surface area contributed by atoms with Crippen molar-refractivity contribution in [2.75, 3.05) is 13.1 Å². The van der Waals surface area contributed by atoms with Gasteiger partial charge in [-0.2, -0.15) is 0 Å². The summed E-state index contributed by atoms with van der Waals surface area (Å²) in [7, 11) is 0. The predicted octanol–water partition coefficient (Wildman–Crippen LogP) is 3.82. The first-order valence-corrected chi connectivity index (χ1v) is 8.48. The quantitative estimate of drug-likeness (QED) is 0.694. The number of rotatable bonds is 8. The molecule has 126 valence electrons. The molecule has 2 heterocycles. The van der Waals surface area contributed by atoms with Crippen molar-refractivity contribution in [1.82, 2.24) is 9.97 Å². The van der Waals surface area contributed by atoms with Gasteiger partial charge in [0.2, 0.25) is 0 Å². The lowest BCUT2D eigenvalue weighted by Crippen LogP contribution is -2.17. The van der Waals surface area contributed by atoms with Gasteiger partial charge in [0.15, 0.2) is 0 Å². The van der Waals surface area contributed by atoms with Crippen molar-refractivity contribution in [2.24, 2.45) is 15.9 Å². The van der Waals surface area contributed by atoms with Gasteiger partial charge in [-0.15, -0.1) is 0 Å². The first-order valence-electron chi connectivity index (χ1n) is 8.48. The van der Waals surface area contributed by atoms with Gasteiger partial charge < -0.3 is 0 Å². The molecule has 0 bridgehead atoms. The molecule has 0 N–H and O–H groups in total. The number of pyridine rings is 2. The average Bonchev–Trinajstić information content (AvgIpc) is 2.62. The molecule has 0 amide bonds. The average molecular weight is 322 g/mol. The number of nitrogens with zero attached hydrogens (tertiary/aromatic N) is 4. The molecule has 0 unspecified atom stereocenters. The molecule has 2 aromatic rings. The van der Waals surface area contributed by atoms with Crippen LogP contribution in [-0.2, 0) is 12.8 Å². The Bertz CT molecular complexity index is 603. The second-order valence-corrected chi connectivity index (χ2v) is 5.91. The molecule has 24 heavy (non-hydrogen) atoms. The Morgan fingerprint density at radius 2 is 1.29 bits per heavy atom. The van der Waals surface area contributed by atoms with E-state index < -0.39 is 0 Å². The van der Waals surface area contributed by atoms with Crippen molar-refractivity contribution in [3.63, 3.8) is 0 Å². The SMILES string of the molecule is CC(=NCCc1ccccn1)C(C)C(C)=NCCc1ccccn1. The summed E-state index contributed by atoms with van der Waals surface area (Å²) in [5.74, 6) is 0.275. The van der Waals surface area contributed by atoms with Gasteiger partial charge in [0.1, 0.15) is 0 Å². The molecule has 2 aromatic heterocycles. The summed E-state index contributed by atoms with van der Waals surface area (Å²) in [4.78, 5) is 18.0. The lowest BCUT2D eigenvalue weighted by molar-refractivity contribution is 0.887. The van der Waals surface area contributed by atoms with Gasteiger partial charge in [-0.25, -0.2) is 0 Å². The second-order valence-electron chi connectivity index (χ2n) is 5.91. The van der Waals surface area contributed by atoms with Crippen LogP contribution in [0, 0.1) is 5.92 Å². The number of hydrogen-bond donors (Lipinski definition) is 0. The Balaban J connectivity index is 1.81. The second kappa shape index (κ2) is 9.71. The summed E-state index contributed by atoms with van der Waals surface area (Å²) in [5.41, 5.74) is 4.43. The minimum Gasteiger partial charge on any atom is -0.293 e. The van der Waals surface area contributed by atoms with Crippen molar-refractivity contribution >= 4 is 11.4 Å². The molecule has 0 saturated carbocycles. The molecule has 0 aliphatic carbocycles. The summed E-state index contributed by atoms with van der Waals surface area (Å²) in [6.45, 7) is 7.88. The number of aromatic nitrogens is 2. The molecular formula is C20H26N4. The van der Waals surface area contributed by atoms with Gasteiger partial charge in [-0.3, -0.25) is 20.0 Å². The van der Waals surface area contributed by atoms with E-state index in [1.54, 1.807) is 0 Å². The molecule has 0 aliphatic rings. The normalized spacial score (nSPS) is 13.8. The summed E-state index contributed by atoms with van der Waals surface area (Å²) in [6, 6.07) is 12.0. The summed E-state index contributed by atoms with van der Waals surface area (Å²) < 4.78 is 0. The van der Waals surface area contributed by atoms with Gasteiger partial charge in [0.05, 0.1) is 0 Å². The molecule has 0 radical (unpaired) electrons. The van der Waals surface area contributed by atoms with Crippen LogP contribution in [0.3, 0.4) is 0 Å². The molecule has 0 atom stereocenters. The Morgan fingerprint density at radius 3 is 1.67 bits per heavy atom. The van der Waals surface area contributed by atoms with E-state index in [9.17, 15) is 0 Å². The third kappa shape index (κ3) is 6.03. The number of hydrogen-bond acceptors (Lipinski definition) is 4. The van der Waals surface area contributed by atoms with Crippen LogP contribution in [0.5, 0.6) is 0 Å². The Labute approximate surface area is 144 Å². The lowest BCUT2D eigenvalue weighted by atomic mass is 10.0. The van der Waals surface area contributed by atoms with E-state index in [-0.39, 0.29) is 5.92 Å². The first kappa shape index (κ1) is 18.0. The predicted molar refractivity (Wildman–Crippen MR) is 101 cm³/mol. The van der Waals surface area contributed by atoms with Crippen molar-refractivity contribution in [1.29, 1.82) is 0 Å². The minimum atomic E-state index is 0.275.